The maximum absolute atomic E-state index is 11.5. The van der Waals surface area contributed by atoms with Gasteiger partial charge in [0, 0.05) is 11.8 Å². The highest BCUT2D eigenvalue weighted by atomic mass is 79.9. The van der Waals surface area contributed by atoms with Crippen LogP contribution >= 0.6 is 15.9 Å². The highest BCUT2D eigenvalue weighted by Gasteiger charge is 2.16. The maximum Gasteiger partial charge on any atom is 0.337 e. The molecule has 0 aliphatic carbocycles. The molecule has 1 aromatic carbocycles. The standard InChI is InChI=1S/C13H10BrN3O4/c1-21-13(18)8-3-2-4-9(7-8)15-12-10(17(19)20)5-6-11(14)16-12/h2-7H,1H3,(H,15,16). The monoisotopic (exact) mass is 351 g/mol. The van der Waals surface area contributed by atoms with Crippen molar-refractivity contribution in [2.24, 2.45) is 0 Å². The Hall–Kier alpha value is -2.48. The van der Waals surface area contributed by atoms with Gasteiger partial charge in [-0.25, -0.2) is 9.78 Å². The van der Waals surface area contributed by atoms with E-state index in [1.807, 2.05) is 0 Å². The first-order chi connectivity index (χ1) is 10.0. The molecule has 2 rings (SSSR count). The topological polar surface area (TPSA) is 94.4 Å². The van der Waals surface area contributed by atoms with Crippen molar-refractivity contribution in [1.29, 1.82) is 0 Å². The second kappa shape index (κ2) is 6.31. The third-order valence-corrected chi connectivity index (χ3v) is 3.02. The molecule has 0 unspecified atom stereocenters. The van der Waals surface area contributed by atoms with Crippen molar-refractivity contribution in [3.8, 4) is 0 Å². The molecule has 0 atom stereocenters. The summed E-state index contributed by atoms with van der Waals surface area (Å²) in [6.45, 7) is 0. The first kappa shape index (κ1) is 14.9. The summed E-state index contributed by atoms with van der Waals surface area (Å²) in [5, 5.41) is 13.8. The van der Waals surface area contributed by atoms with Gasteiger partial charge in [0.05, 0.1) is 17.6 Å². The molecule has 0 radical (unpaired) electrons. The zero-order chi connectivity index (χ0) is 15.4. The predicted octanol–water partition coefficient (Wildman–Crippen LogP) is 3.28. The molecule has 8 heteroatoms. The van der Waals surface area contributed by atoms with Gasteiger partial charge in [-0.1, -0.05) is 6.07 Å². The van der Waals surface area contributed by atoms with Gasteiger partial charge in [-0.05, 0) is 40.2 Å². The first-order valence-electron chi connectivity index (χ1n) is 5.77. The van der Waals surface area contributed by atoms with E-state index in [-0.39, 0.29) is 11.5 Å². The van der Waals surface area contributed by atoms with Gasteiger partial charge < -0.3 is 10.1 Å². The van der Waals surface area contributed by atoms with Crippen molar-refractivity contribution in [2.45, 2.75) is 0 Å². The smallest absolute Gasteiger partial charge is 0.337 e. The molecule has 0 saturated heterocycles. The Morgan fingerprint density at radius 2 is 2.14 bits per heavy atom. The van der Waals surface area contributed by atoms with E-state index in [1.54, 1.807) is 18.2 Å². The number of carbonyl (C=O) groups excluding carboxylic acids is 1. The molecule has 0 saturated carbocycles. The van der Waals surface area contributed by atoms with Crippen LogP contribution < -0.4 is 5.32 Å². The third kappa shape index (κ3) is 3.54. The Morgan fingerprint density at radius 1 is 1.38 bits per heavy atom. The van der Waals surface area contributed by atoms with Crippen LogP contribution in [0.5, 0.6) is 0 Å². The van der Waals surface area contributed by atoms with E-state index in [0.717, 1.165) is 0 Å². The van der Waals surface area contributed by atoms with Crippen molar-refractivity contribution < 1.29 is 14.5 Å². The molecule has 1 heterocycles. The molecule has 108 valence electrons. The number of ether oxygens (including phenoxy) is 1. The van der Waals surface area contributed by atoms with E-state index in [2.05, 4.69) is 31.0 Å². The number of rotatable bonds is 4. The summed E-state index contributed by atoms with van der Waals surface area (Å²) in [5.74, 6) is -0.410. The fourth-order valence-corrected chi connectivity index (χ4v) is 1.96. The Bertz CT molecular complexity index is 706. The number of aromatic nitrogens is 1. The van der Waals surface area contributed by atoms with Crippen LogP contribution in [0.3, 0.4) is 0 Å². The van der Waals surface area contributed by atoms with Crippen LogP contribution in [-0.4, -0.2) is 23.0 Å². The van der Waals surface area contributed by atoms with Gasteiger partial charge in [0.1, 0.15) is 4.60 Å². The van der Waals surface area contributed by atoms with Crippen LogP contribution in [0, 0.1) is 10.1 Å². The molecule has 0 aliphatic rings. The molecule has 0 bridgehead atoms. The van der Waals surface area contributed by atoms with Gasteiger partial charge in [0.2, 0.25) is 5.82 Å². The molecule has 0 amide bonds. The summed E-state index contributed by atoms with van der Waals surface area (Å²) in [6, 6.07) is 9.23. The van der Waals surface area contributed by atoms with Crippen LogP contribution in [-0.2, 0) is 4.74 Å². The summed E-state index contributed by atoms with van der Waals surface area (Å²) in [7, 11) is 1.28. The molecule has 1 N–H and O–H groups in total. The van der Waals surface area contributed by atoms with Crippen molar-refractivity contribution in [1.82, 2.24) is 4.98 Å². The van der Waals surface area contributed by atoms with Gasteiger partial charge in [0.15, 0.2) is 0 Å². The van der Waals surface area contributed by atoms with Gasteiger partial charge >= 0.3 is 11.7 Å². The number of methoxy groups -OCH3 is 1. The van der Waals surface area contributed by atoms with Crippen molar-refractivity contribution in [3.63, 3.8) is 0 Å². The average Bonchev–Trinajstić information content (AvgIpc) is 2.46. The largest absolute Gasteiger partial charge is 0.465 e. The van der Waals surface area contributed by atoms with Crippen molar-refractivity contribution in [2.75, 3.05) is 12.4 Å². The predicted molar refractivity (Wildman–Crippen MR) is 79.7 cm³/mol. The Morgan fingerprint density at radius 3 is 2.81 bits per heavy atom. The normalized spacial score (nSPS) is 10.0. The molecule has 7 nitrogen and oxygen atoms in total. The van der Waals surface area contributed by atoms with E-state index in [0.29, 0.717) is 15.9 Å². The first-order valence-corrected chi connectivity index (χ1v) is 6.57. The van der Waals surface area contributed by atoms with Crippen LogP contribution in [0.25, 0.3) is 0 Å². The van der Waals surface area contributed by atoms with E-state index in [4.69, 9.17) is 0 Å². The maximum atomic E-state index is 11.5. The lowest BCUT2D eigenvalue weighted by Crippen LogP contribution is -2.03. The Kier molecular flexibility index (Phi) is 4.49. The molecule has 0 spiro atoms. The van der Waals surface area contributed by atoms with Crippen LogP contribution in [0.4, 0.5) is 17.2 Å². The van der Waals surface area contributed by atoms with E-state index in [1.165, 1.54) is 25.3 Å². The molecule has 1 aromatic heterocycles. The number of benzene rings is 1. The number of nitro groups is 1. The fraction of sp³-hybridized carbons (Fsp3) is 0.0769. The number of anilines is 2. The van der Waals surface area contributed by atoms with Gasteiger partial charge in [-0.15, -0.1) is 0 Å². The minimum Gasteiger partial charge on any atom is -0.465 e. The van der Waals surface area contributed by atoms with E-state index < -0.39 is 10.9 Å². The third-order valence-electron chi connectivity index (χ3n) is 2.58. The number of pyridine rings is 1. The average molecular weight is 352 g/mol. The lowest BCUT2D eigenvalue weighted by atomic mass is 10.2. The van der Waals surface area contributed by atoms with Crippen LogP contribution in [0.1, 0.15) is 10.4 Å². The second-order valence-electron chi connectivity index (χ2n) is 3.96. The molecule has 21 heavy (non-hydrogen) atoms. The zero-order valence-corrected chi connectivity index (χ0v) is 12.5. The van der Waals surface area contributed by atoms with Crippen LogP contribution in [0.15, 0.2) is 41.0 Å². The number of esters is 1. The summed E-state index contributed by atoms with van der Waals surface area (Å²) >= 11 is 3.16. The summed E-state index contributed by atoms with van der Waals surface area (Å²) in [5.41, 5.74) is 0.661. The summed E-state index contributed by atoms with van der Waals surface area (Å²) < 4.78 is 5.08. The van der Waals surface area contributed by atoms with Crippen molar-refractivity contribution in [3.05, 3.63) is 56.7 Å². The number of nitrogens with zero attached hydrogens (tertiary/aromatic N) is 2. The molecular formula is C13H10BrN3O4. The van der Waals surface area contributed by atoms with E-state index >= 15 is 0 Å². The minimum atomic E-state index is -0.536. The second-order valence-corrected chi connectivity index (χ2v) is 4.77. The molecular weight excluding hydrogens is 342 g/mol. The van der Waals surface area contributed by atoms with Crippen molar-refractivity contribution >= 4 is 39.1 Å². The Labute approximate surface area is 128 Å². The van der Waals surface area contributed by atoms with Crippen LogP contribution in [0.2, 0.25) is 0 Å². The number of hydrogen-bond acceptors (Lipinski definition) is 6. The lowest BCUT2D eigenvalue weighted by Gasteiger charge is -2.08. The quantitative estimate of drug-likeness (QED) is 0.393. The number of carbonyl (C=O) groups is 1. The SMILES string of the molecule is COC(=O)c1cccc(Nc2nc(Br)ccc2[N+](=O)[O-])c1. The fourth-order valence-electron chi connectivity index (χ4n) is 1.65. The number of halogens is 1. The van der Waals surface area contributed by atoms with Gasteiger partial charge in [-0.3, -0.25) is 10.1 Å². The highest BCUT2D eigenvalue weighted by molar-refractivity contribution is 9.10. The molecule has 0 aliphatic heterocycles. The number of hydrogen-bond donors (Lipinski definition) is 1. The highest BCUT2D eigenvalue weighted by Crippen LogP contribution is 2.27. The summed E-state index contributed by atoms with van der Waals surface area (Å²) in [4.78, 5) is 25.9. The van der Waals surface area contributed by atoms with Gasteiger partial charge in [0.25, 0.3) is 0 Å². The lowest BCUT2D eigenvalue weighted by molar-refractivity contribution is -0.384. The molecule has 0 fully saturated rings. The minimum absolute atomic E-state index is 0.0800. The zero-order valence-electron chi connectivity index (χ0n) is 10.9. The summed E-state index contributed by atoms with van der Waals surface area (Å²) in [6.07, 6.45) is 0. The number of nitrogens with one attached hydrogen (secondary N) is 1. The van der Waals surface area contributed by atoms with E-state index in [9.17, 15) is 14.9 Å². The Balaban J connectivity index is 2.36. The molecule has 2 aromatic rings. The van der Waals surface area contributed by atoms with Gasteiger partial charge in [-0.2, -0.15) is 0 Å².